The summed E-state index contributed by atoms with van der Waals surface area (Å²) in [6.45, 7) is 5.67. The van der Waals surface area contributed by atoms with Gasteiger partial charge in [0.2, 0.25) is 0 Å². The third-order valence-corrected chi connectivity index (χ3v) is 6.40. The minimum Gasteiger partial charge on any atom is -0.460 e. The van der Waals surface area contributed by atoms with Gasteiger partial charge < -0.3 is 14.8 Å². The Morgan fingerprint density at radius 3 is 2.61 bits per heavy atom. The van der Waals surface area contributed by atoms with E-state index in [1.165, 1.54) is 5.56 Å². The molecule has 2 aromatic rings. The van der Waals surface area contributed by atoms with Crippen LogP contribution in [0.25, 0.3) is 0 Å². The highest BCUT2D eigenvalue weighted by molar-refractivity contribution is 7.98. The first kappa shape index (κ1) is 21.2. The monoisotopic (exact) mass is 435 g/mol. The van der Waals surface area contributed by atoms with Crippen molar-refractivity contribution in [1.82, 2.24) is 5.32 Å². The molecule has 160 valence electrons. The molecule has 0 fully saturated rings. The average Bonchev–Trinajstić information content (AvgIpc) is 3.12. The number of allylic oxidation sites excluding steroid dienone is 1. The topological polar surface area (TPSA) is 64.6 Å². The maximum Gasteiger partial charge on any atom is 0.337 e. The Morgan fingerprint density at radius 1 is 1.16 bits per heavy atom. The Kier molecular flexibility index (Phi) is 6.18. The molecule has 1 atom stereocenters. The summed E-state index contributed by atoms with van der Waals surface area (Å²) >= 11 is 1.69. The summed E-state index contributed by atoms with van der Waals surface area (Å²) in [6.07, 6.45) is -0.262. The van der Waals surface area contributed by atoms with Crippen LogP contribution < -0.4 is 5.32 Å². The van der Waals surface area contributed by atoms with Crippen LogP contribution in [0.15, 0.2) is 82.0 Å². The Balaban J connectivity index is 1.76. The second-order valence-electron chi connectivity index (χ2n) is 7.83. The zero-order chi connectivity index (χ0) is 22.0. The van der Waals surface area contributed by atoms with E-state index < -0.39 is 17.9 Å². The van der Waals surface area contributed by atoms with E-state index in [4.69, 9.17) is 9.47 Å². The molecule has 0 saturated heterocycles. The first-order chi connectivity index (χ1) is 15.0. The van der Waals surface area contributed by atoms with E-state index in [2.05, 4.69) is 17.4 Å². The fourth-order valence-corrected chi connectivity index (χ4v) is 4.95. The van der Waals surface area contributed by atoms with Crippen molar-refractivity contribution in [1.29, 1.82) is 0 Å². The van der Waals surface area contributed by atoms with Crippen molar-refractivity contribution in [3.8, 4) is 0 Å². The molecule has 0 bridgehead atoms. The Labute approximate surface area is 186 Å². The molecule has 0 saturated carbocycles. The number of dihydropyridines is 1. The first-order valence-electron chi connectivity index (χ1n) is 10.3. The van der Waals surface area contributed by atoms with Crippen LogP contribution in [-0.2, 0) is 24.8 Å². The first-order valence-corrected chi connectivity index (χ1v) is 11.3. The van der Waals surface area contributed by atoms with Crippen LogP contribution in [-0.4, -0.2) is 24.6 Å². The quantitative estimate of drug-likeness (QED) is 0.524. The van der Waals surface area contributed by atoms with Crippen LogP contribution in [0, 0.1) is 0 Å². The van der Waals surface area contributed by atoms with Crippen LogP contribution in [0.5, 0.6) is 0 Å². The predicted molar refractivity (Wildman–Crippen MR) is 120 cm³/mol. The van der Waals surface area contributed by atoms with Crippen molar-refractivity contribution in [2.45, 2.75) is 43.4 Å². The van der Waals surface area contributed by atoms with Gasteiger partial charge in [-0.15, -0.1) is 11.8 Å². The number of thioether (sulfide) groups is 1. The molecule has 5 nitrogen and oxygen atoms in total. The van der Waals surface area contributed by atoms with Gasteiger partial charge >= 0.3 is 11.9 Å². The van der Waals surface area contributed by atoms with E-state index >= 15 is 0 Å². The lowest BCUT2D eigenvalue weighted by Crippen LogP contribution is -2.31. The molecular formula is C25H25NO4S. The van der Waals surface area contributed by atoms with Gasteiger partial charge in [0, 0.05) is 16.3 Å². The molecule has 1 unspecified atom stereocenters. The third kappa shape index (κ3) is 4.39. The third-order valence-electron chi connectivity index (χ3n) is 5.24. The summed E-state index contributed by atoms with van der Waals surface area (Å²) in [4.78, 5) is 26.8. The average molecular weight is 436 g/mol. The number of benzene rings is 2. The second kappa shape index (κ2) is 9.02. The summed E-state index contributed by atoms with van der Waals surface area (Å²) in [5.74, 6) is -0.554. The molecule has 31 heavy (non-hydrogen) atoms. The molecular weight excluding hydrogens is 410 g/mol. The highest BCUT2D eigenvalue weighted by Gasteiger charge is 2.42. The number of nitrogens with one attached hydrogen (secondary N) is 1. The van der Waals surface area contributed by atoms with Crippen LogP contribution in [0.3, 0.4) is 0 Å². The van der Waals surface area contributed by atoms with Gasteiger partial charge in [-0.3, -0.25) is 0 Å². The van der Waals surface area contributed by atoms with E-state index in [0.29, 0.717) is 16.8 Å². The van der Waals surface area contributed by atoms with Crippen molar-refractivity contribution >= 4 is 23.7 Å². The lowest BCUT2D eigenvalue weighted by atomic mass is 9.81. The normalized spacial score (nSPS) is 18.1. The molecule has 0 amide bonds. The molecule has 0 aromatic heterocycles. The van der Waals surface area contributed by atoms with Gasteiger partial charge in [-0.05, 0) is 38.0 Å². The van der Waals surface area contributed by atoms with Gasteiger partial charge in [0.1, 0.15) is 6.61 Å². The van der Waals surface area contributed by atoms with E-state index in [1.54, 1.807) is 11.8 Å². The fourth-order valence-electron chi connectivity index (χ4n) is 3.91. The number of rotatable bonds is 6. The van der Waals surface area contributed by atoms with E-state index in [1.807, 2.05) is 63.2 Å². The molecule has 0 aliphatic carbocycles. The highest BCUT2D eigenvalue weighted by atomic mass is 32.2. The molecule has 6 heteroatoms. The zero-order valence-corrected chi connectivity index (χ0v) is 18.6. The lowest BCUT2D eigenvalue weighted by molar-refractivity contribution is -0.143. The van der Waals surface area contributed by atoms with Gasteiger partial charge in [-0.1, -0.05) is 48.5 Å². The second-order valence-corrected chi connectivity index (χ2v) is 8.85. The van der Waals surface area contributed by atoms with Gasteiger partial charge in [0.15, 0.2) is 0 Å². The standard InChI is InChI=1S/C25H25NO4S/c1-15(2)30-25(28)21-16(3)26-19-13-29-24(27)23(19)22(21)18-11-7-8-12-20(18)31-14-17-9-5-4-6-10-17/h4-12,15,22,26H,13-14H2,1-3H3. The maximum absolute atomic E-state index is 13.1. The number of carbonyl (C=O) groups is 2. The number of hydrogen-bond acceptors (Lipinski definition) is 6. The molecule has 2 heterocycles. The summed E-state index contributed by atoms with van der Waals surface area (Å²) < 4.78 is 10.9. The fraction of sp³-hybridized carbons (Fsp3) is 0.280. The van der Waals surface area contributed by atoms with E-state index in [-0.39, 0.29) is 12.7 Å². The molecule has 2 aromatic carbocycles. The molecule has 0 radical (unpaired) electrons. The smallest absolute Gasteiger partial charge is 0.337 e. The lowest BCUT2D eigenvalue weighted by Gasteiger charge is -2.29. The van der Waals surface area contributed by atoms with E-state index in [9.17, 15) is 9.59 Å². The summed E-state index contributed by atoms with van der Waals surface area (Å²) in [6, 6.07) is 18.1. The minimum atomic E-state index is -0.531. The van der Waals surface area contributed by atoms with Crippen molar-refractivity contribution in [3.05, 3.63) is 88.3 Å². The molecule has 2 aliphatic heterocycles. The Morgan fingerprint density at radius 2 is 1.87 bits per heavy atom. The number of hydrogen-bond donors (Lipinski definition) is 1. The molecule has 4 rings (SSSR count). The van der Waals surface area contributed by atoms with Crippen LogP contribution in [0.4, 0.5) is 0 Å². The largest absolute Gasteiger partial charge is 0.460 e. The van der Waals surface area contributed by atoms with Gasteiger partial charge in [-0.2, -0.15) is 0 Å². The molecule has 2 aliphatic rings. The Bertz CT molecular complexity index is 1070. The van der Waals surface area contributed by atoms with Crippen LogP contribution in [0.2, 0.25) is 0 Å². The SMILES string of the molecule is CC1=C(C(=O)OC(C)C)C(c2ccccc2SCc2ccccc2)C2=C(COC2=O)N1. The number of cyclic esters (lactones) is 1. The molecule has 1 N–H and O–H groups in total. The molecule has 0 spiro atoms. The van der Waals surface area contributed by atoms with Gasteiger partial charge in [0.05, 0.1) is 28.9 Å². The van der Waals surface area contributed by atoms with Crippen molar-refractivity contribution in [3.63, 3.8) is 0 Å². The number of ether oxygens (including phenoxy) is 2. The van der Waals surface area contributed by atoms with Crippen molar-refractivity contribution in [2.75, 3.05) is 6.61 Å². The van der Waals surface area contributed by atoms with Crippen molar-refractivity contribution < 1.29 is 19.1 Å². The minimum absolute atomic E-state index is 0.188. The number of esters is 2. The van der Waals surface area contributed by atoms with Crippen LogP contribution >= 0.6 is 11.8 Å². The summed E-state index contributed by atoms with van der Waals surface area (Å²) in [5.41, 5.74) is 4.48. The van der Waals surface area contributed by atoms with Crippen molar-refractivity contribution in [2.24, 2.45) is 0 Å². The summed E-state index contributed by atoms with van der Waals surface area (Å²) in [5, 5.41) is 3.20. The van der Waals surface area contributed by atoms with Gasteiger partial charge in [0.25, 0.3) is 0 Å². The zero-order valence-electron chi connectivity index (χ0n) is 17.8. The summed E-state index contributed by atoms with van der Waals surface area (Å²) in [7, 11) is 0. The van der Waals surface area contributed by atoms with E-state index in [0.717, 1.165) is 21.9 Å². The highest BCUT2D eigenvalue weighted by Crippen LogP contribution is 2.44. The van der Waals surface area contributed by atoms with Crippen LogP contribution in [0.1, 0.15) is 37.8 Å². The van der Waals surface area contributed by atoms with Gasteiger partial charge in [-0.25, -0.2) is 9.59 Å². The predicted octanol–water partition coefficient (Wildman–Crippen LogP) is 4.70. The number of carbonyl (C=O) groups excluding carboxylic acids is 2. The maximum atomic E-state index is 13.1. The Hall–Kier alpha value is -2.99.